The van der Waals surface area contributed by atoms with E-state index in [0.717, 1.165) is 23.1 Å². The first-order valence-corrected chi connectivity index (χ1v) is 10.9. The summed E-state index contributed by atoms with van der Waals surface area (Å²) in [6.07, 6.45) is 1.55. The van der Waals surface area contributed by atoms with Gasteiger partial charge in [-0.05, 0) is 41.7 Å². The van der Waals surface area contributed by atoms with E-state index in [4.69, 9.17) is 9.84 Å². The van der Waals surface area contributed by atoms with Crippen molar-refractivity contribution in [2.75, 3.05) is 11.9 Å². The highest BCUT2D eigenvalue weighted by molar-refractivity contribution is 5.93. The van der Waals surface area contributed by atoms with Gasteiger partial charge in [0.1, 0.15) is 5.75 Å². The number of anilines is 1. The van der Waals surface area contributed by atoms with Crippen LogP contribution in [0.5, 0.6) is 5.75 Å². The first kappa shape index (κ1) is 23.1. The Labute approximate surface area is 189 Å². The molecule has 0 aliphatic carbocycles. The van der Waals surface area contributed by atoms with Gasteiger partial charge in [0.05, 0.1) is 12.3 Å². The highest BCUT2D eigenvalue weighted by Crippen LogP contribution is 2.31. The molecule has 0 unspecified atom stereocenters. The fourth-order valence-corrected chi connectivity index (χ4v) is 3.60. The normalized spacial score (nSPS) is 10.7. The molecule has 5 heteroatoms. The molecule has 0 spiro atoms. The van der Waals surface area contributed by atoms with Crippen molar-refractivity contribution in [2.45, 2.75) is 38.5 Å². The molecular weight excluding hydrogens is 402 g/mol. The Morgan fingerprint density at radius 1 is 0.938 bits per heavy atom. The molecule has 5 nitrogen and oxygen atoms in total. The van der Waals surface area contributed by atoms with E-state index in [9.17, 15) is 9.59 Å². The van der Waals surface area contributed by atoms with Gasteiger partial charge in [0.25, 0.3) is 0 Å². The van der Waals surface area contributed by atoms with Crippen molar-refractivity contribution in [3.05, 3.63) is 95.6 Å². The number of hydrogen-bond acceptors (Lipinski definition) is 3. The minimum Gasteiger partial charge on any atom is -0.491 e. The van der Waals surface area contributed by atoms with E-state index >= 15 is 0 Å². The Kier molecular flexibility index (Phi) is 8.44. The van der Waals surface area contributed by atoms with Gasteiger partial charge in [0.2, 0.25) is 5.91 Å². The van der Waals surface area contributed by atoms with Crippen LogP contribution in [0.15, 0.2) is 78.9 Å². The number of carboxylic acids is 1. The maximum atomic E-state index is 13.1. The van der Waals surface area contributed by atoms with Crippen LogP contribution in [0.4, 0.5) is 5.69 Å². The van der Waals surface area contributed by atoms with Crippen LogP contribution < -0.4 is 10.1 Å². The Hall–Kier alpha value is -3.60. The molecule has 166 valence electrons. The molecule has 0 heterocycles. The summed E-state index contributed by atoms with van der Waals surface area (Å²) in [5.41, 5.74) is 3.57. The molecule has 0 saturated heterocycles. The molecule has 1 amide bonds. The molecule has 3 aromatic carbocycles. The fraction of sp³-hybridized carbons (Fsp3) is 0.259. The van der Waals surface area contributed by atoms with Crippen molar-refractivity contribution in [3.63, 3.8) is 0 Å². The van der Waals surface area contributed by atoms with Gasteiger partial charge in [-0.15, -0.1) is 0 Å². The zero-order chi connectivity index (χ0) is 22.8. The number of aryl methyl sites for hydroxylation is 1. The lowest BCUT2D eigenvalue weighted by atomic mass is 9.88. The molecule has 0 aliphatic rings. The second-order valence-electron chi connectivity index (χ2n) is 7.70. The van der Waals surface area contributed by atoms with Crippen LogP contribution in [-0.4, -0.2) is 23.6 Å². The summed E-state index contributed by atoms with van der Waals surface area (Å²) >= 11 is 0. The van der Waals surface area contributed by atoms with E-state index in [2.05, 4.69) is 5.32 Å². The zero-order valence-electron chi connectivity index (χ0n) is 18.3. The van der Waals surface area contributed by atoms with Crippen molar-refractivity contribution in [2.24, 2.45) is 0 Å². The first-order valence-electron chi connectivity index (χ1n) is 10.9. The standard InChI is InChI=1S/C27H29NO4/c1-2-17-32-25-15-13-20(14-16-27(30)31)18-24(25)28-26(29)19-23(21-9-5-3-6-10-21)22-11-7-4-8-12-22/h3-13,15,18,23H,2,14,16-17,19H2,1H3,(H,28,29)(H,30,31). The highest BCUT2D eigenvalue weighted by atomic mass is 16.5. The lowest BCUT2D eigenvalue weighted by Gasteiger charge is -2.19. The van der Waals surface area contributed by atoms with Crippen LogP contribution in [0.2, 0.25) is 0 Å². The number of ether oxygens (including phenoxy) is 1. The molecule has 3 aromatic rings. The van der Waals surface area contributed by atoms with Crippen LogP contribution in [0.25, 0.3) is 0 Å². The summed E-state index contributed by atoms with van der Waals surface area (Å²) in [6.45, 7) is 2.55. The van der Waals surface area contributed by atoms with Gasteiger partial charge >= 0.3 is 5.97 Å². The third-order valence-corrected chi connectivity index (χ3v) is 5.20. The van der Waals surface area contributed by atoms with E-state index in [1.165, 1.54) is 0 Å². The summed E-state index contributed by atoms with van der Waals surface area (Å²) in [5, 5.41) is 12.0. The van der Waals surface area contributed by atoms with Crippen molar-refractivity contribution in [1.29, 1.82) is 0 Å². The van der Waals surface area contributed by atoms with E-state index in [-0.39, 0.29) is 24.7 Å². The number of nitrogens with one attached hydrogen (secondary N) is 1. The smallest absolute Gasteiger partial charge is 0.303 e. The minimum atomic E-state index is -0.851. The summed E-state index contributed by atoms with van der Waals surface area (Å²) in [4.78, 5) is 24.1. The average Bonchev–Trinajstić information content (AvgIpc) is 2.81. The summed E-state index contributed by atoms with van der Waals surface area (Å²) in [7, 11) is 0. The molecule has 0 radical (unpaired) electrons. The zero-order valence-corrected chi connectivity index (χ0v) is 18.3. The van der Waals surface area contributed by atoms with Crippen LogP contribution in [0, 0.1) is 0 Å². The number of benzene rings is 3. The fourth-order valence-electron chi connectivity index (χ4n) is 3.60. The Morgan fingerprint density at radius 2 is 1.56 bits per heavy atom. The molecule has 0 fully saturated rings. The van der Waals surface area contributed by atoms with Gasteiger partial charge in [-0.25, -0.2) is 0 Å². The van der Waals surface area contributed by atoms with Gasteiger partial charge in [0.15, 0.2) is 0 Å². The van der Waals surface area contributed by atoms with Crippen LogP contribution in [0.3, 0.4) is 0 Å². The number of aliphatic carboxylic acids is 1. The number of carboxylic acid groups (broad SMARTS) is 1. The molecule has 0 aromatic heterocycles. The van der Waals surface area contributed by atoms with Gasteiger partial charge in [0, 0.05) is 18.8 Å². The summed E-state index contributed by atoms with van der Waals surface area (Å²) in [6, 6.07) is 25.4. The maximum Gasteiger partial charge on any atom is 0.303 e. The first-order chi connectivity index (χ1) is 15.6. The molecule has 3 rings (SSSR count). The van der Waals surface area contributed by atoms with Crippen molar-refractivity contribution in [3.8, 4) is 5.75 Å². The van der Waals surface area contributed by atoms with E-state index in [1.807, 2.05) is 79.7 Å². The van der Waals surface area contributed by atoms with E-state index in [1.54, 1.807) is 6.07 Å². The predicted octanol–water partition coefficient (Wildman–Crippen LogP) is 5.65. The summed E-state index contributed by atoms with van der Waals surface area (Å²) < 4.78 is 5.81. The second-order valence-corrected chi connectivity index (χ2v) is 7.70. The molecule has 2 N–H and O–H groups in total. The van der Waals surface area contributed by atoms with Crippen LogP contribution in [0.1, 0.15) is 48.8 Å². The molecular formula is C27H29NO4. The Bertz CT molecular complexity index is 979. The van der Waals surface area contributed by atoms with Crippen molar-refractivity contribution < 1.29 is 19.4 Å². The lowest BCUT2D eigenvalue weighted by Crippen LogP contribution is -2.17. The number of carbonyl (C=O) groups excluding carboxylic acids is 1. The monoisotopic (exact) mass is 431 g/mol. The lowest BCUT2D eigenvalue weighted by molar-refractivity contribution is -0.137. The van der Waals surface area contributed by atoms with Gasteiger partial charge in [-0.2, -0.15) is 0 Å². The van der Waals surface area contributed by atoms with Crippen LogP contribution >= 0.6 is 0 Å². The van der Waals surface area contributed by atoms with Gasteiger partial charge < -0.3 is 15.2 Å². The number of hydrogen-bond donors (Lipinski definition) is 2. The molecule has 0 saturated carbocycles. The number of carbonyl (C=O) groups is 2. The molecule has 0 aliphatic heterocycles. The SMILES string of the molecule is CCCOc1ccc(CCC(=O)O)cc1NC(=O)CC(c1ccccc1)c1ccccc1. The van der Waals surface area contributed by atoms with Gasteiger partial charge in [-0.3, -0.25) is 9.59 Å². The quantitative estimate of drug-likeness (QED) is 0.411. The number of rotatable bonds is 11. The maximum absolute atomic E-state index is 13.1. The Balaban J connectivity index is 1.81. The van der Waals surface area contributed by atoms with Gasteiger partial charge in [-0.1, -0.05) is 73.7 Å². The largest absolute Gasteiger partial charge is 0.491 e. The van der Waals surface area contributed by atoms with Crippen molar-refractivity contribution >= 4 is 17.6 Å². The molecule has 32 heavy (non-hydrogen) atoms. The van der Waals surface area contributed by atoms with E-state index in [0.29, 0.717) is 24.5 Å². The third kappa shape index (κ3) is 6.71. The van der Waals surface area contributed by atoms with Crippen molar-refractivity contribution in [1.82, 2.24) is 0 Å². The number of amides is 1. The molecule has 0 atom stereocenters. The Morgan fingerprint density at radius 3 is 2.12 bits per heavy atom. The molecule has 0 bridgehead atoms. The second kappa shape index (κ2) is 11.7. The highest BCUT2D eigenvalue weighted by Gasteiger charge is 2.19. The van der Waals surface area contributed by atoms with Crippen LogP contribution in [-0.2, 0) is 16.0 Å². The average molecular weight is 432 g/mol. The predicted molar refractivity (Wildman–Crippen MR) is 126 cm³/mol. The summed E-state index contributed by atoms with van der Waals surface area (Å²) in [5.74, 6) is -0.460. The van der Waals surface area contributed by atoms with E-state index < -0.39 is 5.97 Å². The topological polar surface area (TPSA) is 75.6 Å². The third-order valence-electron chi connectivity index (χ3n) is 5.20. The minimum absolute atomic E-state index is 0.0344.